The number of hydrogen-bond acceptors (Lipinski definition) is 6. The van der Waals surface area contributed by atoms with Crippen molar-refractivity contribution in [3.63, 3.8) is 0 Å². The van der Waals surface area contributed by atoms with Gasteiger partial charge in [-0.25, -0.2) is 9.18 Å². The van der Waals surface area contributed by atoms with Crippen LogP contribution in [0.1, 0.15) is 39.0 Å². The highest BCUT2D eigenvalue weighted by molar-refractivity contribution is 5.96. The molecule has 2 aliphatic carbocycles. The number of allylic oxidation sites excluding steroid dienone is 2. The minimum atomic E-state index is -1.14. The summed E-state index contributed by atoms with van der Waals surface area (Å²) in [5.74, 6) is -1.01. The highest BCUT2D eigenvalue weighted by Gasteiger charge is 2.33. The molecule has 1 aliphatic heterocycles. The molecule has 198 valence electrons. The van der Waals surface area contributed by atoms with Crippen molar-refractivity contribution >= 4 is 29.3 Å². The normalized spacial score (nSPS) is 22.1. The van der Waals surface area contributed by atoms with Crippen molar-refractivity contribution in [2.45, 2.75) is 57.3 Å². The SMILES string of the molecule is CC(=O)NCC1CN(c2ccc(NC3=CC=CC(C(=O)N(C)C4CCCCC4)=CC3O)c(F)c2)C(=O)O1. The highest BCUT2D eigenvalue weighted by Crippen LogP contribution is 2.28. The molecule has 3 N–H and O–H groups in total. The third kappa shape index (κ3) is 6.37. The molecule has 3 amide bonds. The Kier molecular flexibility index (Phi) is 8.27. The van der Waals surface area contributed by atoms with Crippen LogP contribution < -0.4 is 15.5 Å². The van der Waals surface area contributed by atoms with Crippen LogP contribution in [0.2, 0.25) is 0 Å². The molecule has 9 nitrogen and oxygen atoms in total. The van der Waals surface area contributed by atoms with Gasteiger partial charge in [-0.3, -0.25) is 14.5 Å². The average molecular weight is 513 g/mol. The van der Waals surface area contributed by atoms with Crippen molar-refractivity contribution < 1.29 is 28.6 Å². The van der Waals surface area contributed by atoms with Crippen molar-refractivity contribution in [1.29, 1.82) is 0 Å². The number of aliphatic hydroxyl groups excluding tert-OH is 1. The van der Waals surface area contributed by atoms with Gasteiger partial charge in [-0.15, -0.1) is 0 Å². The monoisotopic (exact) mass is 512 g/mol. The molecule has 0 spiro atoms. The molecular weight excluding hydrogens is 479 g/mol. The summed E-state index contributed by atoms with van der Waals surface area (Å²) in [6, 6.07) is 4.43. The van der Waals surface area contributed by atoms with Crippen molar-refractivity contribution in [3.05, 3.63) is 59.6 Å². The molecule has 2 fully saturated rings. The summed E-state index contributed by atoms with van der Waals surface area (Å²) in [6.07, 6.45) is 9.43. The van der Waals surface area contributed by atoms with E-state index in [4.69, 9.17) is 4.74 Å². The van der Waals surface area contributed by atoms with Crippen LogP contribution in [0.5, 0.6) is 0 Å². The Morgan fingerprint density at radius 2 is 2.00 bits per heavy atom. The summed E-state index contributed by atoms with van der Waals surface area (Å²) in [7, 11) is 1.80. The molecule has 2 unspecified atom stereocenters. The third-order valence-corrected chi connectivity index (χ3v) is 6.89. The Morgan fingerprint density at radius 3 is 2.70 bits per heavy atom. The lowest BCUT2D eigenvalue weighted by atomic mass is 9.94. The first-order chi connectivity index (χ1) is 17.7. The van der Waals surface area contributed by atoms with E-state index >= 15 is 0 Å². The van der Waals surface area contributed by atoms with Crippen LogP contribution in [-0.4, -0.2) is 66.3 Å². The Morgan fingerprint density at radius 1 is 1.24 bits per heavy atom. The number of rotatable bonds is 7. The average Bonchev–Trinajstić information content (AvgIpc) is 3.16. The van der Waals surface area contributed by atoms with Gasteiger partial charge in [0.15, 0.2) is 0 Å². The Bertz CT molecular complexity index is 1140. The van der Waals surface area contributed by atoms with Crippen molar-refractivity contribution in [2.75, 3.05) is 30.4 Å². The van der Waals surface area contributed by atoms with Crippen LogP contribution in [0.3, 0.4) is 0 Å². The van der Waals surface area contributed by atoms with Crippen LogP contribution >= 0.6 is 0 Å². The van der Waals surface area contributed by atoms with Crippen molar-refractivity contribution in [2.24, 2.45) is 0 Å². The fourth-order valence-electron chi connectivity index (χ4n) is 4.79. The molecule has 37 heavy (non-hydrogen) atoms. The molecule has 0 bridgehead atoms. The number of nitrogens with zero attached hydrogens (tertiary/aromatic N) is 2. The maximum absolute atomic E-state index is 15.0. The summed E-state index contributed by atoms with van der Waals surface area (Å²) in [4.78, 5) is 39.4. The molecule has 0 radical (unpaired) electrons. The number of aliphatic hydroxyl groups is 1. The number of anilines is 2. The van der Waals surface area contributed by atoms with Crippen LogP contribution in [0.25, 0.3) is 0 Å². The van der Waals surface area contributed by atoms with E-state index in [0.29, 0.717) is 17.0 Å². The van der Waals surface area contributed by atoms with Crippen molar-refractivity contribution in [3.8, 4) is 0 Å². The first kappa shape index (κ1) is 26.4. The van der Waals surface area contributed by atoms with E-state index in [9.17, 15) is 23.9 Å². The van der Waals surface area contributed by atoms with Crippen molar-refractivity contribution in [1.82, 2.24) is 10.2 Å². The second-order valence-corrected chi connectivity index (χ2v) is 9.60. The fourth-order valence-corrected chi connectivity index (χ4v) is 4.79. The fraction of sp³-hybridized carbons (Fsp3) is 0.444. The molecule has 4 rings (SSSR count). The molecule has 2 atom stereocenters. The summed E-state index contributed by atoms with van der Waals surface area (Å²) >= 11 is 0. The molecule has 1 saturated carbocycles. The standard InChI is InChI=1S/C27H33FN4O5/c1-17(33)29-15-21-16-32(27(36)37-21)20-11-12-23(22(28)14-20)30-24-10-6-7-18(13-25(24)34)26(35)31(2)19-8-4-3-5-9-19/h6-7,10-14,19,21,25,30,34H,3-5,8-9,15-16H2,1-2H3,(H,29,33). The molecule has 1 saturated heterocycles. The number of amides is 3. The topological polar surface area (TPSA) is 111 Å². The van der Waals surface area contributed by atoms with Crippen LogP contribution in [-0.2, 0) is 14.3 Å². The van der Waals surface area contributed by atoms with E-state index in [1.54, 1.807) is 36.2 Å². The maximum Gasteiger partial charge on any atom is 0.414 e. The molecule has 1 aromatic rings. The van der Waals surface area contributed by atoms with Crippen LogP contribution in [0.15, 0.2) is 53.8 Å². The van der Waals surface area contributed by atoms with Gasteiger partial charge in [0.05, 0.1) is 24.5 Å². The van der Waals surface area contributed by atoms with E-state index in [2.05, 4.69) is 10.6 Å². The highest BCUT2D eigenvalue weighted by atomic mass is 19.1. The number of likely N-dealkylation sites (N-methyl/N-ethyl adjacent to an activating group) is 1. The smallest absolute Gasteiger partial charge is 0.414 e. The van der Waals surface area contributed by atoms with Crippen LogP contribution in [0.4, 0.5) is 20.6 Å². The quantitative estimate of drug-likeness (QED) is 0.517. The number of hydrogen-bond donors (Lipinski definition) is 3. The van der Waals surface area contributed by atoms with Gasteiger partial charge in [0.1, 0.15) is 18.0 Å². The summed E-state index contributed by atoms with van der Waals surface area (Å²) in [5.41, 5.74) is 1.10. The first-order valence-electron chi connectivity index (χ1n) is 12.6. The van der Waals surface area contributed by atoms with Gasteiger partial charge < -0.3 is 25.4 Å². The van der Waals surface area contributed by atoms with Gasteiger partial charge in [0.25, 0.3) is 5.91 Å². The number of nitrogens with one attached hydrogen (secondary N) is 2. The first-order valence-corrected chi connectivity index (χ1v) is 12.6. The lowest BCUT2D eigenvalue weighted by Gasteiger charge is -2.31. The summed E-state index contributed by atoms with van der Waals surface area (Å²) in [6.45, 7) is 1.72. The van der Waals surface area contributed by atoms with Crippen LogP contribution in [0, 0.1) is 5.82 Å². The van der Waals surface area contributed by atoms with Gasteiger partial charge in [-0.05, 0) is 49.3 Å². The molecule has 3 aliphatic rings. The predicted molar refractivity (Wildman–Crippen MR) is 137 cm³/mol. The van der Waals surface area contributed by atoms with E-state index in [0.717, 1.165) is 25.7 Å². The molecule has 0 aromatic heterocycles. The lowest BCUT2D eigenvalue weighted by Crippen LogP contribution is -2.39. The number of ether oxygens (including phenoxy) is 1. The number of halogens is 1. The minimum absolute atomic E-state index is 0.104. The maximum atomic E-state index is 15.0. The predicted octanol–water partition coefficient (Wildman–Crippen LogP) is 3.23. The zero-order valence-corrected chi connectivity index (χ0v) is 21.1. The lowest BCUT2D eigenvalue weighted by molar-refractivity contribution is -0.128. The van der Waals surface area contributed by atoms with Gasteiger partial charge in [0.2, 0.25) is 5.91 Å². The number of carbonyl (C=O) groups is 3. The molecule has 1 aromatic carbocycles. The van der Waals surface area contributed by atoms with E-state index in [-0.39, 0.29) is 36.6 Å². The molecule has 1 heterocycles. The second-order valence-electron chi connectivity index (χ2n) is 9.60. The number of benzene rings is 1. The molecular formula is C27H33FN4O5. The van der Waals surface area contributed by atoms with Gasteiger partial charge in [-0.1, -0.05) is 25.3 Å². The Labute approximate surface area is 215 Å². The van der Waals surface area contributed by atoms with Gasteiger partial charge >= 0.3 is 6.09 Å². The Hall–Kier alpha value is -3.66. The second kappa shape index (κ2) is 11.6. The van der Waals surface area contributed by atoms with Gasteiger partial charge in [-0.2, -0.15) is 0 Å². The zero-order valence-electron chi connectivity index (χ0n) is 21.1. The van der Waals surface area contributed by atoms with E-state index < -0.39 is 24.1 Å². The summed E-state index contributed by atoms with van der Waals surface area (Å²) in [5, 5.41) is 16.2. The Balaban J connectivity index is 1.40. The van der Waals surface area contributed by atoms with E-state index in [1.165, 1.54) is 36.5 Å². The summed E-state index contributed by atoms with van der Waals surface area (Å²) < 4.78 is 20.2. The number of carbonyl (C=O) groups excluding carboxylic acids is 3. The third-order valence-electron chi connectivity index (χ3n) is 6.89. The minimum Gasteiger partial charge on any atom is -0.442 e. The largest absolute Gasteiger partial charge is 0.442 e. The molecule has 10 heteroatoms. The van der Waals surface area contributed by atoms with E-state index in [1.807, 2.05) is 0 Å². The van der Waals surface area contributed by atoms with Gasteiger partial charge in [0, 0.05) is 31.3 Å². The number of cyclic esters (lactones) is 1. The zero-order chi connectivity index (χ0) is 26.5.